The van der Waals surface area contributed by atoms with E-state index in [1.165, 1.54) is 12.1 Å². The van der Waals surface area contributed by atoms with E-state index < -0.39 is 0 Å². The van der Waals surface area contributed by atoms with E-state index in [-0.39, 0.29) is 11.7 Å². The molecule has 0 saturated heterocycles. The van der Waals surface area contributed by atoms with E-state index in [0.717, 1.165) is 11.1 Å². The largest absolute Gasteiger partial charge is 0.481 e. The molecular formula is C16H17FN2O2. The number of nitrogens with one attached hydrogen (secondary N) is 1. The third kappa shape index (κ3) is 4.87. The molecule has 1 heterocycles. The number of hydrogen-bond acceptors (Lipinski definition) is 3. The maximum absolute atomic E-state index is 13.0. The molecule has 4 nitrogen and oxygen atoms in total. The van der Waals surface area contributed by atoms with Crippen LogP contribution in [0.2, 0.25) is 0 Å². The summed E-state index contributed by atoms with van der Waals surface area (Å²) in [5.74, 6) is 0.184. The number of methoxy groups -OCH3 is 1. The first-order valence-corrected chi connectivity index (χ1v) is 6.67. The van der Waals surface area contributed by atoms with Crippen LogP contribution in [0.25, 0.3) is 0 Å². The third-order valence-corrected chi connectivity index (χ3v) is 3.03. The van der Waals surface area contributed by atoms with Gasteiger partial charge < -0.3 is 10.1 Å². The summed E-state index contributed by atoms with van der Waals surface area (Å²) in [7, 11) is 1.55. The van der Waals surface area contributed by atoms with Gasteiger partial charge >= 0.3 is 0 Å². The summed E-state index contributed by atoms with van der Waals surface area (Å²) in [6.07, 6.45) is 2.50. The predicted molar refractivity (Wildman–Crippen MR) is 77.4 cm³/mol. The topological polar surface area (TPSA) is 51.2 Å². The van der Waals surface area contributed by atoms with E-state index >= 15 is 0 Å². The molecule has 0 aliphatic heterocycles. The molecule has 0 fully saturated rings. The monoisotopic (exact) mass is 288 g/mol. The van der Waals surface area contributed by atoms with Gasteiger partial charge in [-0.2, -0.15) is 0 Å². The molecule has 2 rings (SSSR count). The molecule has 5 heteroatoms. The Morgan fingerprint density at radius 1 is 1.29 bits per heavy atom. The summed E-state index contributed by atoms with van der Waals surface area (Å²) in [6.45, 7) is 0.416. The highest BCUT2D eigenvalue weighted by atomic mass is 19.1. The molecule has 1 aromatic carbocycles. The Morgan fingerprint density at radius 2 is 2.14 bits per heavy atom. The van der Waals surface area contributed by atoms with Gasteiger partial charge in [-0.15, -0.1) is 0 Å². The molecule has 110 valence electrons. The summed E-state index contributed by atoms with van der Waals surface area (Å²) < 4.78 is 18.0. The van der Waals surface area contributed by atoms with Crippen molar-refractivity contribution in [3.8, 4) is 5.88 Å². The van der Waals surface area contributed by atoms with Crippen molar-refractivity contribution in [3.63, 3.8) is 0 Å². The van der Waals surface area contributed by atoms with Crippen LogP contribution >= 0.6 is 0 Å². The second kappa shape index (κ2) is 7.38. The number of ether oxygens (including phenoxy) is 1. The number of halogens is 1. The molecule has 1 aromatic heterocycles. The van der Waals surface area contributed by atoms with Gasteiger partial charge in [0.25, 0.3) is 0 Å². The zero-order valence-corrected chi connectivity index (χ0v) is 11.8. The summed E-state index contributed by atoms with van der Waals surface area (Å²) in [4.78, 5) is 15.8. The number of aryl methyl sites for hydroxylation is 1. The Hall–Kier alpha value is -2.43. The second-order valence-electron chi connectivity index (χ2n) is 4.62. The molecule has 0 aliphatic rings. The fourth-order valence-electron chi connectivity index (χ4n) is 1.88. The van der Waals surface area contributed by atoms with Gasteiger partial charge in [0, 0.05) is 25.2 Å². The van der Waals surface area contributed by atoms with Crippen LogP contribution in [-0.2, 0) is 17.8 Å². The lowest BCUT2D eigenvalue weighted by atomic mass is 10.1. The molecule has 0 saturated carbocycles. The van der Waals surface area contributed by atoms with Crippen LogP contribution in [0, 0.1) is 5.82 Å². The Balaban J connectivity index is 1.76. The lowest BCUT2D eigenvalue weighted by Crippen LogP contribution is -2.23. The van der Waals surface area contributed by atoms with Gasteiger partial charge in [0.15, 0.2) is 0 Å². The van der Waals surface area contributed by atoms with E-state index in [2.05, 4.69) is 10.3 Å². The number of rotatable bonds is 6. The summed E-state index contributed by atoms with van der Waals surface area (Å²) >= 11 is 0. The van der Waals surface area contributed by atoms with Crippen LogP contribution in [0.15, 0.2) is 42.6 Å². The number of amides is 1. The van der Waals surface area contributed by atoms with Gasteiger partial charge in [0.2, 0.25) is 11.8 Å². The quantitative estimate of drug-likeness (QED) is 0.888. The zero-order valence-electron chi connectivity index (χ0n) is 11.8. The van der Waals surface area contributed by atoms with Crippen molar-refractivity contribution in [2.75, 3.05) is 7.11 Å². The number of benzene rings is 1. The van der Waals surface area contributed by atoms with E-state index in [4.69, 9.17) is 4.74 Å². The molecule has 0 aliphatic carbocycles. The third-order valence-electron chi connectivity index (χ3n) is 3.03. The van der Waals surface area contributed by atoms with Crippen molar-refractivity contribution < 1.29 is 13.9 Å². The van der Waals surface area contributed by atoms with Crippen molar-refractivity contribution in [2.24, 2.45) is 0 Å². The maximum atomic E-state index is 13.0. The minimum atomic E-state index is -0.280. The summed E-state index contributed by atoms with van der Waals surface area (Å²) in [6, 6.07) is 9.88. The van der Waals surface area contributed by atoms with Gasteiger partial charge in [-0.25, -0.2) is 9.37 Å². The van der Waals surface area contributed by atoms with E-state index in [1.54, 1.807) is 25.4 Å². The minimum absolute atomic E-state index is 0.0740. The molecule has 0 radical (unpaired) electrons. The summed E-state index contributed by atoms with van der Waals surface area (Å²) in [5.41, 5.74) is 1.71. The molecule has 0 bridgehead atoms. The van der Waals surface area contributed by atoms with Gasteiger partial charge in [-0.3, -0.25) is 4.79 Å². The first-order chi connectivity index (χ1) is 10.2. The lowest BCUT2D eigenvalue weighted by Gasteiger charge is -2.06. The van der Waals surface area contributed by atoms with E-state index in [9.17, 15) is 9.18 Å². The van der Waals surface area contributed by atoms with Gasteiger partial charge in [-0.05, 0) is 29.7 Å². The first kappa shape index (κ1) is 15.0. The minimum Gasteiger partial charge on any atom is -0.481 e. The Kier molecular flexibility index (Phi) is 5.26. The molecule has 0 spiro atoms. The van der Waals surface area contributed by atoms with Crippen molar-refractivity contribution in [1.82, 2.24) is 10.3 Å². The second-order valence-corrected chi connectivity index (χ2v) is 4.62. The van der Waals surface area contributed by atoms with Crippen LogP contribution in [0.3, 0.4) is 0 Å². The molecule has 1 N–H and O–H groups in total. The highest BCUT2D eigenvalue weighted by Crippen LogP contribution is 2.08. The number of carbonyl (C=O) groups excluding carboxylic acids is 1. The van der Waals surface area contributed by atoms with Crippen LogP contribution in [0.1, 0.15) is 17.5 Å². The Labute approximate surface area is 123 Å². The molecular weight excluding hydrogens is 271 g/mol. The average molecular weight is 288 g/mol. The first-order valence-electron chi connectivity index (χ1n) is 6.67. The number of nitrogens with zero attached hydrogens (tertiary/aromatic N) is 1. The molecule has 0 atom stereocenters. The van der Waals surface area contributed by atoms with Gasteiger partial charge in [0.1, 0.15) is 5.82 Å². The van der Waals surface area contributed by atoms with E-state index in [1.807, 2.05) is 12.1 Å². The lowest BCUT2D eigenvalue weighted by molar-refractivity contribution is -0.121. The van der Waals surface area contributed by atoms with Crippen molar-refractivity contribution in [1.29, 1.82) is 0 Å². The molecule has 21 heavy (non-hydrogen) atoms. The summed E-state index contributed by atoms with van der Waals surface area (Å²) in [5, 5.41) is 2.81. The number of hydrogen-bond donors (Lipinski definition) is 1. The van der Waals surface area contributed by atoms with Crippen LogP contribution in [0.4, 0.5) is 4.39 Å². The zero-order chi connectivity index (χ0) is 15.1. The Morgan fingerprint density at radius 3 is 2.81 bits per heavy atom. The molecule has 0 unspecified atom stereocenters. The highest BCUT2D eigenvalue weighted by Gasteiger charge is 2.03. The van der Waals surface area contributed by atoms with Crippen LogP contribution < -0.4 is 10.1 Å². The average Bonchev–Trinajstić information content (AvgIpc) is 2.51. The van der Waals surface area contributed by atoms with Crippen molar-refractivity contribution >= 4 is 5.91 Å². The molecule has 1 amide bonds. The smallest absolute Gasteiger partial charge is 0.220 e. The molecule has 2 aromatic rings. The van der Waals surface area contributed by atoms with Gasteiger partial charge in [0.05, 0.1) is 7.11 Å². The van der Waals surface area contributed by atoms with Crippen molar-refractivity contribution in [2.45, 2.75) is 19.4 Å². The van der Waals surface area contributed by atoms with Crippen LogP contribution in [-0.4, -0.2) is 18.0 Å². The Bertz CT molecular complexity index is 599. The van der Waals surface area contributed by atoms with E-state index in [0.29, 0.717) is 25.3 Å². The highest BCUT2D eigenvalue weighted by molar-refractivity contribution is 5.76. The predicted octanol–water partition coefficient (Wildman–Crippen LogP) is 2.48. The fraction of sp³-hybridized carbons (Fsp3) is 0.250. The standard InChI is InChI=1S/C16H17FN2O2/c1-21-16-8-6-13(11-19-16)10-18-15(20)7-5-12-3-2-4-14(17)9-12/h2-4,6,8-9,11H,5,7,10H2,1H3,(H,18,20). The van der Waals surface area contributed by atoms with Crippen LogP contribution in [0.5, 0.6) is 5.88 Å². The number of pyridine rings is 1. The maximum Gasteiger partial charge on any atom is 0.220 e. The SMILES string of the molecule is COc1ccc(CNC(=O)CCc2cccc(F)c2)cn1. The van der Waals surface area contributed by atoms with Gasteiger partial charge in [-0.1, -0.05) is 18.2 Å². The normalized spacial score (nSPS) is 10.2. The van der Waals surface area contributed by atoms with Crippen molar-refractivity contribution in [3.05, 3.63) is 59.5 Å². The fourth-order valence-corrected chi connectivity index (χ4v) is 1.88. The number of carbonyl (C=O) groups is 1. The number of aromatic nitrogens is 1.